The van der Waals surface area contributed by atoms with Gasteiger partial charge in [0.05, 0.1) is 0 Å². The van der Waals surface area contributed by atoms with Gasteiger partial charge in [-0.15, -0.1) is 11.3 Å². The van der Waals surface area contributed by atoms with Gasteiger partial charge >= 0.3 is 0 Å². The molecule has 0 amide bonds. The number of fused-ring (bicyclic) bond motifs is 1. The van der Waals surface area contributed by atoms with Crippen LogP contribution in [0.5, 0.6) is 0 Å². The fourth-order valence-corrected chi connectivity index (χ4v) is 3.60. The lowest BCUT2D eigenvalue weighted by Crippen LogP contribution is -2.28. The number of hydrogen-bond donors (Lipinski definition) is 1. The molecule has 3 rings (SSSR count). The van der Waals surface area contributed by atoms with Crippen molar-refractivity contribution in [1.29, 1.82) is 0 Å². The zero-order valence-electron chi connectivity index (χ0n) is 8.62. The molecule has 2 saturated carbocycles. The summed E-state index contributed by atoms with van der Waals surface area (Å²) >= 11 is 1.89. The lowest BCUT2D eigenvalue weighted by molar-refractivity contribution is 0.476. The molecule has 0 aliphatic heterocycles. The van der Waals surface area contributed by atoms with Gasteiger partial charge in [-0.1, -0.05) is 0 Å². The summed E-state index contributed by atoms with van der Waals surface area (Å²) in [4.78, 5) is 1.49. The molecular formula is C12H17NS. The fourth-order valence-electron chi connectivity index (χ4n) is 2.77. The fraction of sp³-hybridized carbons (Fsp3) is 0.667. The summed E-state index contributed by atoms with van der Waals surface area (Å²) in [5.74, 6) is 2.13. The van der Waals surface area contributed by atoms with E-state index in [-0.39, 0.29) is 0 Å². The van der Waals surface area contributed by atoms with Crippen LogP contribution in [0.1, 0.15) is 29.7 Å². The predicted octanol–water partition coefficient (Wildman–Crippen LogP) is 2.94. The minimum Gasteiger partial charge on any atom is -0.309 e. The molecule has 2 heteroatoms. The van der Waals surface area contributed by atoms with Crippen LogP contribution in [0.15, 0.2) is 11.4 Å². The van der Waals surface area contributed by atoms with Crippen molar-refractivity contribution in [3.8, 4) is 0 Å². The molecule has 0 aromatic carbocycles. The minimum absolute atomic E-state index is 0.836. The van der Waals surface area contributed by atoms with Crippen molar-refractivity contribution in [3.63, 3.8) is 0 Å². The molecule has 2 fully saturated rings. The third-order valence-corrected chi connectivity index (χ3v) is 4.72. The second-order valence-corrected chi connectivity index (χ2v) is 5.81. The summed E-state index contributed by atoms with van der Waals surface area (Å²) in [6.45, 7) is 3.26. The van der Waals surface area contributed by atoms with Crippen molar-refractivity contribution >= 4 is 11.3 Å². The van der Waals surface area contributed by atoms with Crippen molar-refractivity contribution in [2.75, 3.05) is 0 Å². The van der Waals surface area contributed by atoms with E-state index in [0.717, 1.165) is 24.4 Å². The van der Waals surface area contributed by atoms with E-state index in [1.54, 1.807) is 0 Å². The first-order valence-electron chi connectivity index (χ1n) is 5.60. The molecule has 76 valence electrons. The van der Waals surface area contributed by atoms with Crippen LogP contribution in [0.3, 0.4) is 0 Å². The van der Waals surface area contributed by atoms with Gasteiger partial charge in [-0.05, 0) is 55.0 Å². The van der Waals surface area contributed by atoms with Gasteiger partial charge in [0.2, 0.25) is 0 Å². The van der Waals surface area contributed by atoms with Crippen molar-refractivity contribution < 1.29 is 0 Å². The first-order valence-corrected chi connectivity index (χ1v) is 6.48. The van der Waals surface area contributed by atoms with Gasteiger partial charge in [-0.3, -0.25) is 0 Å². The Morgan fingerprint density at radius 1 is 1.50 bits per heavy atom. The molecular weight excluding hydrogens is 190 g/mol. The van der Waals surface area contributed by atoms with Crippen LogP contribution in [0.4, 0.5) is 0 Å². The molecule has 1 aromatic heterocycles. The van der Waals surface area contributed by atoms with Gasteiger partial charge in [0.15, 0.2) is 0 Å². The summed E-state index contributed by atoms with van der Waals surface area (Å²) < 4.78 is 0. The maximum atomic E-state index is 3.71. The molecule has 14 heavy (non-hydrogen) atoms. The van der Waals surface area contributed by atoms with Crippen molar-refractivity contribution in [1.82, 2.24) is 5.32 Å². The van der Waals surface area contributed by atoms with Crippen LogP contribution in [0.25, 0.3) is 0 Å². The van der Waals surface area contributed by atoms with Crippen LogP contribution in [-0.4, -0.2) is 6.04 Å². The first kappa shape index (κ1) is 8.93. The van der Waals surface area contributed by atoms with E-state index in [1.807, 2.05) is 11.3 Å². The third kappa shape index (κ3) is 1.61. The van der Waals surface area contributed by atoms with E-state index in [1.165, 1.54) is 29.7 Å². The number of aryl methyl sites for hydroxylation is 1. The first-order chi connectivity index (χ1) is 6.83. The van der Waals surface area contributed by atoms with Gasteiger partial charge < -0.3 is 5.32 Å². The SMILES string of the molecule is Cc1csc(CNC2CCC3CC32)c1. The third-order valence-electron chi connectivity index (χ3n) is 3.67. The largest absolute Gasteiger partial charge is 0.309 e. The molecule has 0 bridgehead atoms. The monoisotopic (exact) mass is 207 g/mol. The maximum Gasteiger partial charge on any atom is 0.0302 e. The molecule has 2 aliphatic rings. The molecule has 1 aromatic rings. The second-order valence-electron chi connectivity index (χ2n) is 4.81. The van der Waals surface area contributed by atoms with E-state index < -0.39 is 0 Å². The highest BCUT2D eigenvalue weighted by Gasteiger charge is 2.47. The van der Waals surface area contributed by atoms with E-state index >= 15 is 0 Å². The van der Waals surface area contributed by atoms with Crippen LogP contribution in [0, 0.1) is 18.8 Å². The van der Waals surface area contributed by atoms with Gasteiger partial charge in [-0.2, -0.15) is 0 Å². The van der Waals surface area contributed by atoms with Crippen molar-refractivity contribution in [2.24, 2.45) is 11.8 Å². The highest BCUT2D eigenvalue weighted by atomic mass is 32.1. The zero-order valence-corrected chi connectivity index (χ0v) is 9.44. The molecule has 0 radical (unpaired) electrons. The normalized spacial score (nSPS) is 34.5. The maximum absolute atomic E-state index is 3.71. The van der Waals surface area contributed by atoms with E-state index in [4.69, 9.17) is 0 Å². The molecule has 1 heterocycles. The van der Waals surface area contributed by atoms with E-state index in [0.29, 0.717) is 0 Å². The molecule has 3 atom stereocenters. The second kappa shape index (κ2) is 3.35. The topological polar surface area (TPSA) is 12.0 Å². The van der Waals surface area contributed by atoms with Crippen molar-refractivity contribution in [3.05, 3.63) is 21.9 Å². The van der Waals surface area contributed by atoms with Gasteiger partial charge in [0, 0.05) is 17.5 Å². The summed E-state index contributed by atoms with van der Waals surface area (Å²) in [5.41, 5.74) is 1.41. The molecule has 1 nitrogen and oxygen atoms in total. The average molecular weight is 207 g/mol. The number of hydrogen-bond acceptors (Lipinski definition) is 2. The Labute approximate surface area is 89.5 Å². The summed E-state index contributed by atoms with van der Waals surface area (Å²) in [7, 11) is 0. The number of nitrogens with one attached hydrogen (secondary N) is 1. The van der Waals surface area contributed by atoms with Crippen molar-refractivity contribution in [2.45, 2.75) is 38.8 Å². The van der Waals surface area contributed by atoms with Gasteiger partial charge in [0.25, 0.3) is 0 Å². The molecule has 0 spiro atoms. The Morgan fingerprint density at radius 3 is 3.00 bits per heavy atom. The Bertz CT molecular complexity index is 331. The molecule has 0 saturated heterocycles. The number of thiophene rings is 1. The number of rotatable bonds is 3. The summed E-state index contributed by atoms with van der Waals surface area (Å²) in [6, 6.07) is 3.14. The molecule has 3 unspecified atom stereocenters. The predicted molar refractivity (Wildman–Crippen MR) is 60.5 cm³/mol. The quantitative estimate of drug-likeness (QED) is 0.803. The Balaban J connectivity index is 1.54. The van der Waals surface area contributed by atoms with Gasteiger partial charge in [0.1, 0.15) is 0 Å². The van der Waals surface area contributed by atoms with Crippen LogP contribution in [0.2, 0.25) is 0 Å². The van der Waals surface area contributed by atoms with E-state index in [9.17, 15) is 0 Å². The van der Waals surface area contributed by atoms with E-state index in [2.05, 4.69) is 23.7 Å². The highest BCUT2D eigenvalue weighted by Crippen LogP contribution is 2.51. The summed E-state index contributed by atoms with van der Waals surface area (Å²) in [6.07, 6.45) is 4.40. The van der Waals surface area contributed by atoms with Crippen LogP contribution < -0.4 is 5.32 Å². The highest BCUT2D eigenvalue weighted by molar-refractivity contribution is 7.10. The van der Waals surface area contributed by atoms with Crippen LogP contribution >= 0.6 is 11.3 Å². The standard InChI is InChI=1S/C12H17NS/c1-8-4-10(14-7-8)6-13-12-3-2-9-5-11(9)12/h4,7,9,11-13H,2-3,5-6H2,1H3. The average Bonchev–Trinajstić information content (AvgIpc) is 2.66. The summed E-state index contributed by atoms with van der Waals surface area (Å²) in [5, 5.41) is 5.95. The van der Waals surface area contributed by atoms with Crippen LogP contribution in [-0.2, 0) is 6.54 Å². The molecule has 1 N–H and O–H groups in total. The molecule has 2 aliphatic carbocycles. The smallest absolute Gasteiger partial charge is 0.0302 e. The Hall–Kier alpha value is -0.340. The zero-order chi connectivity index (χ0) is 9.54. The Morgan fingerprint density at radius 2 is 2.43 bits per heavy atom. The Kier molecular flexibility index (Phi) is 2.14. The minimum atomic E-state index is 0.836. The lowest BCUT2D eigenvalue weighted by atomic mass is 10.2. The lowest BCUT2D eigenvalue weighted by Gasteiger charge is -2.12. The van der Waals surface area contributed by atoms with Gasteiger partial charge in [-0.25, -0.2) is 0 Å².